The first kappa shape index (κ1) is 19.8. The van der Waals surface area contributed by atoms with Crippen LogP contribution < -0.4 is 0 Å². The van der Waals surface area contributed by atoms with E-state index < -0.39 is 18.2 Å². The first-order valence-corrected chi connectivity index (χ1v) is 9.15. The largest absolute Gasteiger partial charge is 0.465 e. The van der Waals surface area contributed by atoms with E-state index in [4.69, 9.17) is 10.4 Å². The number of urea groups is 2. The quantitative estimate of drug-likeness (QED) is 0.609. The van der Waals surface area contributed by atoms with Gasteiger partial charge >= 0.3 is 18.2 Å². The number of piperazine rings is 1. The molecule has 0 aromatic heterocycles. The molecule has 0 aromatic carbocycles. The molecule has 2 fully saturated rings. The minimum atomic E-state index is -1.01. The first-order chi connectivity index (χ1) is 12.4. The molecule has 1 aliphatic carbocycles. The molecule has 1 heterocycles. The average Bonchev–Trinajstić information content (AvgIpc) is 2.68. The summed E-state index contributed by atoms with van der Waals surface area (Å²) in [5.41, 5.74) is 0. The van der Waals surface area contributed by atoms with Gasteiger partial charge in [0.05, 0.1) is 0 Å². The Labute approximate surface area is 153 Å². The molecule has 0 unspecified atom stereocenters. The lowest BCUT2D eigenvalue weighted by Crippen LogP contribution is -2.56. The van der Waals surface area contributed by atoms with Gasteiger partial charge in [0.15, 0.2) is 6.19 Å². The zero-order valence-corrected chi connectivity index (χ0v) is 15.3. The smallest absolute Gasteiger partial charge is 0.407 e. The molecule has 1 saturated carbocycles. The Hall–Kier alpha value is -2.50. The van der Waals surface area contributed by atoms with Crippen molar-refractivity contribution in [3.05, 3.63) is 0 Å². The lowest BCUT2D eigenvalue weighted by molar-refractivity contribution is 0.0985. The number of carbonyl (C=O) groups is 3. The monoisotopic (exact) mass is 365 g/mol. The maximum atomic E-state index is 12.8. The number of nitrogens with zero attached hydrogens (tertiary/aromatic N) is 5. The molecule has 144 valence electrons. The van der Waals surface area contributed by atoms with Crippen LogP contribution in [0.2, 0.25) is 0 Å². The van der Waals surface area contributed by atoms with Gasteiger partial charge in [-0.3, -0.25) is 0 Å². The fourth-order valence-corrected chi connectivity index (χ4v) is 3.54. The number of rotatable bonds is 3. The van der Waals surface area contributed by atoms with Crippen LogP contribution in [0.5, 0.6) is 0 Å². The van der Waals surface area contributed by atoms with Gasteiger partial charge in [-0.25, -0.2) is 24.2 Å². The summed E-state index contributed by atoms with van der Waals surface area (Å²) in [6.07, 6.45) is 7.31. The van der Waals surface area contributed by atoms with Crippen LogP contribution in [0.15, 0.2) is 0 Å². The summed E-state index contributed by atoms with van der Waals surface area (Å²) in [5, 5.41) is 18.0. The maximum Gasteiger partial charge on any atom is 0.407 e. The van der Waals surface area contributed by atoms with E-state index >= 15 is 0 Å². The molecule has 0 radical (unpaired) electrons. The SMILES string of the molecule is CN(C#N)C(=O)N(CCC1CCCCC1)C(=O)N1CCN(C(=O)O)CC1. The lowest BCUT2D eigenvalue weighted by atomic mass is 9.87. The predicted molar refractivity (Wildman–Crippen MR) is 93.2 cm³/mol. The number of carbonyl (C=O) groups excluding carboxylic acids is 2. The number of imide groups is 1. The Morgan fingerprint density at radius 1 is 1.08 bits per heavy atom. The van der Waals surface area contributed by atoms with Crippen molar-refractivity contribution in [3.63, 3.8) is 0 Å². The minimum absolute atomic E-state index is 0.222. The van der Waals surface area contributed by atoms with E-state index in [9.17, 15) is 14.4 Å². The van der Waals surface area contributed by atoms with Crippen molar-refractivity contribution in [1.82, 2.24) is 19.6 Å². The standard InChI is InChI=1S/C17H27N5O4/c1-19(13-18)15(23)22(8-7-14-5-3-2-4-6-14)16(24)20-9-11-21(12-10-20)17(25)26/h14H,2-12H2,1H3,(H,25,26). The van der Waals surface area contributed by atoms with Crippen LogP contribution in [0.1, 0.15) is 38.5 Å². The third-order valence-electron chi connectivity index (χ3n) is 5.21. The second-order valence-corrected chi connectivity index (χ2v) is 6.93. The van der Waals surface area contributed by atoms with Gasteiger partial charge in [0, 0.05) is 39.8 Å². The van der Waals surface area contributed by atoms with E-state index in [1.807, 2.05) is 0 Å². The summed E-state index contributed by atoms with van der Waals surface area (Å²) in [7, 11) is 1.34. The molecule has 9 nitrogen and oxygen atoms in total. The van der Waals surface area contributed by atoms with Crippen LogP contribution >= 0.6 is 0 Å². The Balaban J connectivity index is 2.00. The molecule has 0 bridgehead atoms. The van der Waals surface area contributed by atoms with E-state index in [1.165, 1.54) is 36.1 Å². The molecule has 5 amide bonds. The van der Waals surface area contributed by atoms with E-state index in [0.29, 0.717) is 5.92 Å². The van der Waals surface area contributed by atoms with Gasteiger partial charge in [-0.2, -0.15) is 5.26 Å². The highest BCUT2D eigenvalue weighted by Crippen LogP contribution is 2.26. The van der Waals surface area contributed by atoms with Crippen molar-refractivity contribution < 1.29 is 19.5 Å². The second kappa shape index (κ2) is 9.27. The highest BCUT2D eigenvalue weighted by Gasteiger charge is 2.32. The van der Waals surface area contributed by atoms with E-state index in [-0.39, 0.29) is 32.7 Å². The van der Waals surface area contributed by atoms with Gasteiger partial charge in [-0.15, -0.1) is 0 Å². The maximum absolute atomic E-state index is 12.8. The van der Waals surface area contributed by atoms with Crippen molar-refractivity contribution in [2.24, 2.45) is 5.92 Å². The Morgan fingerprint density at radius 3 is 2.19 bits per heavy atom. The van der Waals surface area contributed by atoms with Gasteiger partial charge in [0.1, 0.15) is 0 Å². The summed E-state index contributed by atoms with van der Waals surface area (Å²) in [4.78, 5) is 41.0. The van der Waals surface area contributed by atoms with Crippen molar-refractivity contribution in [2.45, 2.75) is 38.5 Å². The second-order valence-electron chi connectivity index (χ2n) is 6.93. The number of hydrogen-bond donors (Lipinski definition) is 1. The minimum Gasteiger partial charge on any atom is -0.465 e. The van der Waals surface area contributed by atoms with Gasteiger partial charge in [0.25, 0.3) is 0 Å². The average molecular weight is 365 g/mol. The van der Waals surface area contributed by atoms with Gasteiger partial charge in [-0.05, 0) is 12.3 Å². The molecule has 1 saturated heterocycles. The lowest BCUT2D eigenvalue weighted by Gasteiger charge is -2.36. The number of amides is 5. The van der Waals surface area contributed by atoms with Crippen LogP contribution in [0.3, 0.4) is 0 Å². The zero-order chi connectivity index (χ0) is 19.1. The molecule has 0 aromatic rings. The fourth-order valence-electron chi connectivity index (χ4n) is 3.54. The summed E-state index contributed by atoms with van der Waals surface area (Å²) < 4.78 is 0. The molecule has 1 N–H and O–H groups in total. The molecular weight excluding hydrogens is 338 g/mol. The zero-order valence-electron chi connectivity index (χ0n) is 15.3. The fraction of sp³-hybridized carbons (Fsp3) is 0.765. The normalized spacial score (nSPS) is 18.2. The Kier molecular flexibility index (Phi) is 7.06. The molecule has 0 atom stereocenters. The Bertz CT molecular complexity index is 562. The van der Waals surface area contributed by atoms with Crippen molar-refractivity contribution in [3.8, 4) is 6.19 Å². The highest BCUT2D eigenvalue weighted by atomic mass is 16.4. The van der Waals surface area contributed by atoms with Crippen molar-refractivity contribution in [2.75, 3.05) is 39.8 Å². The summed E-state index contributed by atoms with van der Waals surface area (Å²) in [6.45, 7) is 1.22. The van der Waals surface area contributed by atoms with E-state index in [0.717, 1.165) is 29.1 Å². The van der Waals surface area contributed by atoms with Crippen LogP contribution in [0.4, 0.5) is 14.4 Å². The first-order valence-electron chi connectivity index (χ1n) is 9.15. The number of carboxylic acid groups (broad SMARTS) is 1. The molecule has 9 heteroatoms. The number of nitriles is 1. The van der Waals surface area contributed by atoms with Gasteiger partial charge in [-0.1, -0.05) is 32.1 Å². The van der Waals surface area contributed by atoms with Crippen LogP contribution in [-0.2, 0) is 0 Å². The third kappa shape index (κ3) is 5.00. The predicted octanol–water partition coefficient (Wildman–Crippen LogP) is 2.21. The van der Waals surface area contributed by atoms with E-state index in [2.05, 4.69) is 0 Å². The molecule has 26 heavy (non-hydrogen) atoms. The summed E-state index contributed by atoms with van der Waals surface area (Å²) >= 11 is 0. The topological polar surface area (TPSA) is 108 Å². The molecule has 1 aliphatic heterocycles. The van der Waals surface area contributed by atoms with Crippen molar-refractivity contribution in [1.29, 1.82) is 5.26 Å². The molecule has 0 spiro atoms. The van der Waals surface area contributed by atoms with E-state index in [1.54, 1.807) is 6.19 Å². The Morgan fingerprint density at radius 2 is 1.65 bits per heavy atom. The number of hydrogen-bond acceptors (Lipinski definition) is 4. The summed E-state index contributed by atoms with van der Waals surface area (Å²) in [5.74, 6) is 0.503. The molecule has 2 aliphatic rings. The third-order valence-corrected chi connectivity index (χ3v) is 5.21. The highest BCUT2D eigenvalue weighted by molar-refractivity contribution is 5.94. The van der Waals surface area contributed by atoms with Crippen LogP contribution in [-0.4, -0.2) is 82.6 Å². The van der Waals surface area contributed by atoms with Gasteiger partial charge < -0.3 is 14.9 Å². The van der Waals surface area contributed by atoms with Crippen molar-refractivity contribution >= 4 is 18.2 Å². The van der Waals surface area contributed by atoms with Crippen LogP contribution in [0.25, 0.3) is 0 Å². The molecular formula is C17H27N5O4. The molecule has 2 rings (SSSR count). The van der Waals surface area contributed by atoms with Crippen LogP contribution in [0, 0.1) is 17.4 Å². The van der Waals surface area contributed by atoms with Gasteiger partial charge in [0.2, 0.25) is 0 Å². The summed E-state index contributed by atoms with van der Waals surface area (Å²) in [6, 6.07) is -1.08.